The molecule has 0 spiro atoms. The van der Waals surface area contributed by atoms with Crippen molar-refractivity contribution in [2.45, 2.75) is 19.3 Å². The average Bonchev–Trinajstić information content (AvgIpc) is 3.16. The SMILES string of the molecule is Cc1nonc1OCCNc1cc([C@@H]2CCOC2)ncn1. The van der Waals surface area contributed by atoms with Crippen LogP contribution >= 0.6 is 0 Å². The van der Waals surface area contributed by atoms with Crippen LogP contribution < -0.4 is 10.1 Å². The van der Waals surface area contributed by atoms with E-state index in [1.54, 1.807) is 13.3 Å². The van der Waals surface area contributed by atoms with Crippen molar-refractivity contribution in [3.8, 4) is 5.88 Å². The molecule has 0 aliphatic carbocycles. The minimum atomic E-state index is 0.369. The molecule has 0 amide bonds. The predicted molar refractivity (Wildman–Crippen MR) is 73.2 cm³/mol. The number of aromatic nitrogens is 4. The Labute approximate surface area is 121 Å². The average molecular weight is 291 g/mol. The van der Waals surface area contributed by atoms with Gasteiger partial charge in [-0.3, -0.25) is 0 Å². The fourth-order valence-corrected chi connectivity index (χ4v) is 2.14. The molecule has 8 heteroatoms. The van der Waals surface area contributed by atoms with Gasteiger partial charge in [0.05, 0.1) is 18.8 Å². The van der Waals surface area contributed by atoms with Gasteiger partial charge in [0.25, 0.3) is 5.88 Å². The zero-order chi connectivity index (χ0) is 14.5. The maximum Gasteiger partial charge on any atom is 0.278 e. The van der Waals surface area contributed by atoms with Gasteiger partial charge in [-0.1, -0.05) is 5.16 Å². The van der Waals surface area contributed by atoms with Gasteiger partial charge in [-0.15, -0.1) is 0 Å². The van der Waals surface area contributed by atoms with Crippen LogP contribution in [0.5, 0.6) is 5.88 Å². The monoisotopic (exact) mass is 291 g/mol. The highest BCUT2D eigenvalue weighted by molar-refractivity contribution is 5.36. The highest BCUT2D eigenvalue weighted by Crippen LogP contribution is 2.24. The van der Waals surface area contributed by atoms with Gasteiger partial charge in [-0.25, -0.2) is 14.6 Å². The Bertz CT molecular complexity index is 583. The van der Waals surface area contributed by atoms with E-state index in [9.17, 15) is 0 Å². The number of anilines is 1. The lowest BCUT2D eigenvalue weighted by molar-refractivity contribution is 0.193. The molecule has 0 bridgehead atoms. The number of nitrogens with one attached hydrogen (secondary N) is 1. The summed E-state index contributed by atoms with van der Waals surface area (Å²) in [5.41, 5.74) is 1.66. The quantitative estimate of drug-likeness (QED) is 0.792. The number of hydrogen-bond acceptors (Lipinski definition) is 8. The number of rotatable bonds is 6. The molecule has 21 heavy (non-hydrogen) atoms. The molecule has 0 unspecified atom stereocenters. The van der Waals surface area contributed by atoms with Crippen LogP contribution in [0.3, 0.4) is 0 Å². The van der Waals surface area contributed by atoms with Crippen molar-refractivity contribution in [3.63, 3.8) is 0 Å². The lowest BCUT2D eigenvalue weighted by Gasteiger charge is -2.10. The summed E-state index contributed by atoms with van der Waals surface area (Å²) in [6.45, 7) is 4.36. The van der Waals surface area contributed by atoms with Crippen molar-refractivity contribution in [1.82, 2.24) is 20.3 Å². The van der Waals surface area contributed by atoms with Gasteiger partial charge in [0.2, 0.25) is 0 Å². The van der Waals surface area contributed by atoms with Crippen molar-refractivity contribution in [2.75, 3.05) is 31.7 Å². The first kappa shape index (κ1) is 13.7. The van der Waals surface area contributed by atoms with E-state index < -0.39 is 0 Å². The molecule has 2 aromatic rings. The molecule has 2 aromatic heterocycles. The summed E-state index contributed by atoms with van der Waals surface area (Å²) in [6, 6.07) is 1.96. The molecular weight excluding hydrogens is 274 g/mol. The molecule has 0 radical (unpaired) electrons. The summed E-state index contributed by atoms with van der Waals surface area (Å²) < 4.78 is 15.4. The first-order valence-electron chi connectivity index (χ1n) is 6.88. The van der Waals surface area contributed by atoms with E-state index in [1.165, 1.54) is 0 Å². The molecule has 1 atom stereocenters. The third-order valence-corrected chi connectivity index (χ3v) is 3.29. The van der Waals surface area contributed by atoms with E-state index in [1.807, 2.05) is 6.07 Å². The molecule has 1 fully saturated rings. The molecule has 0 saturated carbocycles. The smallest absolute Gasteiger partial charge is 0.278 e. The van der Waals surface area contributed by atoms with Crippen molar-refractivity contribution < 1.29 is 14.1 Å². The minimum Gasteiger partial charge on any atom is -0.472 e. The number of hydrogen-bond donors (Lipinski definition) is 1. The predicted octanol–water partition coefficient (Wildman–Crippen LogP) is 1.16. The van der Waals surface area contributed by atoms with Gasteiger partial charge in [0.1, 0.15) is 24.4 Å². The summed E-state index contributed by atoms with van der Waals surface area (Å²) in [6.07, 6.45) is 2.58. The van der Waals surface area contributed by atoms with E-state index in [0.717, 1.165) is 31.1 Å². The third kappa shape index (κ3) is 3.46. The minimum absolute atomic E-state index is 0.369. The van der Waals surface area contributed by atoms with Gasteiger partial charge in [-0.05, 0) is 18.5 Å². The van der Waals surface area contributed by atoms with Crippen LogP contribution in [-0.2, 0) is 4.74 Å². The highest BCUT2D eigenvalue weighted by Gasteiger charge is 2.19. The molecule has 3 rings (SSSR count). The van der Waals surface area contributed by atoms with Gasteiger partial charge in [0, 0.05) is 18.6 Å². The van der Waals surface area contributed by atoms with Crippen LogP contribution in [0.15, 0.2) is 17.0 Å². The molecule has 112 valence electrons. The zero-order valence-electron chi connectivity index (χ0n) is 11.8. The summed E-state index contributed by atoms with van der Waals surface area (Å²) in [4.78, 5) is 8.51. The molecule has 1 aliphatic heterocycles. The topological polar surface area (TPSA) is 95.2 Å². The second kappa shape index (κ2) is 6.49. The summed E-state index contributed by atoms with van der Waals surface area (Å²) in [7, 11) is 0. The van der Waals surface area contributed by atoms with Crippen LogP contribution in [0.4, 0.5) is 5.82 Å². The standard InChI is InChI=1S/C13H17N5O3/c1-9-13(18-21-17-9)20-5-3-14-12-6-11(15-8-16-12)10-2-4-19-7-10/h6,8,10H,2-5,7H2,1H3,(H,14,15,16)/t10-/m1/s1. The van der Waals surface area contributed by atoms with Crippen LogP contribution in [0.25, 0.3) is 0 Å². The Hall–Kier alpha value is -2.22. The number of aryl methyl sites for hydroxylation is 1. The van der Waals surface area contributed by atoms with Crippen LogP contribution in [0.1, 0.15) is 23.7 Å². The van der Waals surface area contributed by atoms with Crippen molar-refractivity contribution in [1.29, 1.82) is 0 Å². The molecule has 1 N–H and O–H groups in total. The first-order valence-corrected chi connectivity index (χ1v) is 6.88. The summed E-state index contributed by atoms with van der Waals surface area (Å²) >= 11 is 0. The van der Waals surface area contributed by atoms with Crippen molar-refractivity contribution in [3.05, 3.63) is 23.8 Å². The van der Waals surface area contributed by atoms with Gasteiger partial charge in [0.15, 0.2) is 0 Å². The highest BCUT2D eigenvalue weighted by atomic mass is 16.6. The van der Waals surface area contributed by atoms with Gasteiger partial charge >= 0.3 is 0 Å². The Balaban J connectivity index is 1.49. The molecule has 8 nitrogen and oxygen atoms in total. The van der Waals surface area contributed by atoms with Crippen molar-refractivity contribution in [2.24, 2.45) is 0 Å². The summed E-state index contributed by atoms with van der Waals surface area (Å²) in [5, 5.41) is 10.5. The maximum absolute atomic E-state index is 5.44. The fraction of sp³-hybridized carbons (Fsp3) is 0.538. The fourth-order valence-electron chi connectivity index (χ4n) is 2.14. The number of ether oxygens (including phenoxy) is 2. The van der Waals surface area contributed by atoms with E-state index in [4.69, 9.17) is 9.47 Å². The zero-order valence-corrected chi connectivity index (χ0v) is 11.8. The van der Waals surface area contributed by atoms with E-state index in [-0.39, 0.29) is 0 Å². The molecule has 1 aliphatic rings. The molecular formula is C13H17N5O3. The Morgan fingerprint density at radius 2 is 2.33 bits per heavy atom. The van der Waals surface area contributed by atoms with Crippen LogP contribution in [0, 0.1) is 6.92 Å². The second-order valence-corrected chi connectivity index (χ2v) is 4.82. The lowest BCUT2D eigenvalue weighted by atomic mass is 10.1. The van der Waals surface area contributed by atoms with Crippen LogP contribution in [0.2, 0.25) is 0 Å². The first-order chi connectivity index (χ1) is 10.3. The van der Waals surface area contributed by atoms with Gasteiger partial charge < -0.3 is 14.8 Å². The third-order valence-electron chi connectivity index (χ3n) is 3.29. The van der Waals surface area contributed by atoms with E-state index >= 15 is 0 Å². The molecule has 1 saturated heterocycles. The number of nitrogens with zero attached hydrogens (tertiary/aromatic N) is 4. The largest absolute Gasteiger partial charge is 0.472 e. The van der Waals surface area contributed by atoms with Crippen molar-refractivity contribution >= 4 is 5.82 Å². The van der Waals surface area contributed by atoms with E-state index in [0.29, 0.717) is 30.6 Å². The maximum atomic E-state index is 5.44. The summed E-state index contributed by atoms with van der Waals surface area (Å²) in [5.74, 6) is 1.57. The second-order valence-electron chi connectivity index (χ2n) is 4.82. The van der Waals surface area contributed by atoms with Gasteiger partial charge in [-0.2, -0.15) is 0 Å². The van der Waals surface area contributed by atoms with E-state index in [2.05, 4.69) is 30.2 Å². The van der Waals surface area contributed by atoms with Crippen LogP contribution in [-0.4, -0.2) is 46.6 Å². The molecule has 0 aromatic carbocycles. The normalized spacial score (nSPS) is 17.9. The Kier molecular flexibility index (Phi) is 4.25. The Morgan fingerprint density at radius 3 is 3.10 bits per heavy atom. The Morgan fingerprint density at radius 1 is 1.38 bits per heavy atom. The lowest BCUT2D eigenvalue weighted by Crippen LogP contribution is -2.13. The molecule has 3 heterocycles.